The van der Waals surface area contributed by atoms with Crippen molar-refractivity contribution < 1.29 is 9.59 Å². The standard InChI is InChI=1S/C12H18N2O2/c1-7-4-8(7)6-13-10-5-11(15)14(12(10)16)9-2-3-9/h7-10,13H,2-6H2,1H3. The lowest BCUT2D eigenvalue weighted by Gasteiger charge is -2.14. The van der Waals surface area contributed by atoms with Gasteiger partial charge in [0.15, 0.2) is 0 Å². The second-order valence-corrected chi connectivity index (χ2v) is 5.47. The van der Waals surface area contributed by atoms with E-state index in [1.54, 1.807) is 0 Å². The number of hydrogen-bond donors (Lipinski definition) is 1. The smallest absolute Gasteiger partial charge is 0.247 e. The minimum atomic E-state index is -0.235. The van der Waals surface area contributed by atoms with E-state index in [1.807, 2.05) is 0 Å². The Morgan fingerprint density at radius 2 is 2.06 bits per heavy atom. The van der Waals surface area contributed by atoms with Crippen LogP contribution >= 0.6 is 0 Å². The number of nitrogens with zero attached hydrogens (tertiary/aromatic N) is 1. The molecule has 2 aliphatic carbocycles. The lowest BCUT2D eigenvalue weighted by Crippen LogP contribution is -2.40. The maximum absolute atomic E-state index is 12.0. The number of carbonyl (C=O) groups excluding carboxylic acids is 2. The van der Waals surface area contributed by atoms with Gasteiger partial charge >= 0.3 is 0 Å². The molecule has 0 spiro atoms. The molecule has 3 atom stereocenters. The molecule has 88 valence electrons. The van der Waals surface area contributed by atoms with E-state index in [1.165, 1.54) is 11.3 Å². The summed E-state index contributed by atoms with van der Waals surface area (Å²) in [5.41, 5.74) is 0. The Bertz CT molecular complexity index is 338. The van der Waals surface area contributed by atoms with Crippen LogP contribution in [0.2, 0.25) is 0 Å². The quantitative estimate of drug-likeness (QED) is 0.706. The second-order valence-electron chi connectivity index (χ2n) is 5.47. The van der Waals surface area contributed by atoms with Crippen molar-refractivity contribution in [3.8, 4) is 0 Å². The summed E-state index contributed by atoms with van der Waals surface area (Å²) < 4.78 is 0. The average molecular weight is 222 g/mol. The largest absolute Gasteiger partial charge is 0.305 e. The van der Waals surface area contributed by atoms with Crippen molar-refractivity contribution in [1.29, 1.82) is 0 Å². The van der Waals surface area contributed by atoms with Crippen molar-refractivity contribution in [1.82, 2.24) is 10.2 Å². The van der Waals surface area contributed by atoms with Crippen LogP contribution in [0.1, 0.15) is 32.6 Å². The van der Waals surface area contributed by atoms with Crippen molar-refractivity contribution in [3.63, 3.8) is 0 Å². The fourth-order valence-electron chi connectivity index (χ4n) is 2.50. The molecule has 3 fully saturated rings. The summed E-state index contributed by atoms with van der Waals surface area (Å²) in [6.07, 6.45) is 3.64. The number of amides is 2. The fourth-order valence-corrected chi connectivity index (χ4v) is 2.50. The molecule has 16 heavy (non-hydrogen) atoms. The molecule has 1 N–H and O–H groups in total. The number of imide groups is 1. The Balaban J connectivity index is 1.55. The Labute approximate surface area is 95.4 Å². The van der Waals surface area contributed by atoms with Crippen LogP contribution in [0.3, 0.4) is 0 Å². The monoisotopic (exact) mass is 222 g/mol. The van der Waals surface area contributed by atoms with E-state index in [9.17, 15) is 9.59 Å². The molecular weight excluding hydrogens is 204 g/mol. The van der Waals surface area contributed by atoms with Crippen molar-refractivity contribution in [2.75, 3.05) is 6.54 Å². The summed E-state index contributed by atoms with van der Waals surface area (Å²) in [7, 11) is 0. The van der Waals surface area contributed by atoms with Gasteiger partial charge in [-0.2, -0.15) is 0 Å². The molecule has 4 heteroatoms. The molecule has 1 heterocycles. The first kappa shape index (κ1) is 10.3. The van der Waals surface area contributed by atoms with Crippen LogP contribution in [0.15, 0.2) is 0 Å². The van der Waals surface area contributed by atoms with Crippen molar-refractivity contribution >= 4 is 11.8 Å². The third-order valence-corrected chi connectivity index (χ3v) is 4.00. The van der Waals surface area contributed by atoms with Gasteiger partial charge in [-0.05, 0) is 37.6 Å². The zero-order valence-electron chi connectivity index (χ0n) is 9.61. The highest BCUT2D eigenvalue weighted by Crippen LogP contribution is 2.37. The first-order valence-electron chi connectivity index (χ1n) is 6.26. The van der Waals surface area contributed by atoms with Crippen LogP contribution in [0, 0.1) is 11.8 Å². The maximum atomic E-state index is 12.0. The van der Waals surface area contributed by atoms with Crippen molar-refractivity contribution in [2.24, 2.45) is 11.8 Å². The summed E-state index contributed by atoms with van der Waals surface area (Å²) in [4.78, 5) is 25.1. The van der Waals surface area contributed by atoms with Crippen molar-refractivity contribution in [3.05, 3.63) is 0 Å². The average Bonchev–Trinajstić information content (AvgIpc) is 3.12. The summed E-state index contributed by atoms with van der Waals surface area (Å²) in [5, 5.41) is 3.25. The molecule has 3 rings (SSSR count). The Hall–Kier alpha value is -0.900. The SMILES string of the molecule is CC1CC1CNC1CC(=O)N(C2CC2)C1=O. The third-order valence-electron chi connectivity index (χ3n) is 4.00. The molecule has 0 aromatic rings. The van der Waals surface area contributed by atoms with Crippen LogP contribution < -0.4 is 5.32 Å². The first-order chi connectivity index (χ1) is 7.66. The van der Waals surface area contributed by atoms with Crippen LogP contribution in [-0.2, 0) is 9.59 Å². The molecule has 2 saturated carbocycles. The van der Waals surface area contributed by atoms with Gasteiger partial charge in [0, 0.05) is 6.04 Å². The maximum Gasteiger partial charge on any atom is 0.247 e. The zero-order chi connectivity index (χ0) is 11.3. The molecule has 3 aliphatic rings. The third kappa shape index (κ3) is 1.75. The second kappa shape index (κ2) is 3.55. The van der Waals surface area contributed by atoms with Gasteiger partial charge in [0.25, 0.3) is 0 Å². The predicted octanol–water partition coefficient (Wildman–Crippen LogP) is 0.522. The van der Waals surface area contributed by atoms with E-state index in [0.29, 0.717) is 6.42 Å². The van der Waals surface area contributed by atoms with E-state index < -0.39 is 0 Å². The number of likely N-dealkylation sites (tertiary alicyclic amines) is 1. The number of nitrogens with one attached hydrogen (secondary N) is 1. The van der Waals surface area contributed by atoms with Gasteiger partial charge in [0.05, 0.1) is 12.5 Å². The van der Waals surface area contributed by atoms with E-state index in [2.05, 4.69) is 12.2 Å². The molecule has 3 unspecified atom stereocenters. The van der Waals surface area contributed by atoms with Crippen LogP contribution in [0.5, 0.6) is 0 Å². The van der Waals surface area contributed by atoms with Crippen LogP contribution in [-0.4, -0.2) is 35.3 Å². The van der Waals surface area contributed by atoms with E-state index in [0.717, 1.165) is 31.2 Å². The van der Waals surface area contributed by atoms with Gasteiger partial charge in [-0.3, -0.25) is 14.5 Å². The molecule has 0 aromatic heterocycles. The molecule has 4 nitrogen and oxygen atoms in total. The molecule has 0 radical (unpaired) electrons. The lowest BCUT2D eigenvalue weighted by molar-refractivity contribution is -0.139. The molecule has 2 amide bonds. The highest BCUT2D eigenvalue weighted by Gasteiger charge is 2.46. The van der Waals surface area contributed by atoms with Gasteiger partial charge in [-0.1, -0.05) is 6.92 Å². The van der Waals surface area contributed by atoms with Gasteiger partial charge < -0.3 is 5.32 Å². The van der Waals surface area contributed by atoms with Gasteiger partial charge in [-0.25, -0.2) is 0 Å². The van der Waals surface area contributed by atoms with Gasteiger partial charge in [-0.15, -0.1) is 0 Å². The molecule has 0 bridgehead atoms. The summed E-state index contributed by atoms with van der Waals surface area (Å²) in [6, 6.07) is -0.00690. The van der Waals surface area contributed by atoms with Gasteiger partial charge in [0.2, 0.25) is 11.8 Å². The fraction of sp³-hybridized carbons (Fsp3) is 0.833. The number of hydrogen-bond acceptors (Lipinski definition) is 3. The minimum absolute atomic E-state index is 0.0146. The Morgan fingerprint density at radius 3 is 2.62 bits per heavy atom. The molecule has 1 aliphatic heterocycles. The van der Waals surface area contributed by atoms with Crippen molar-refractivity contribution in [2.45, 2.75) is 44.7 Å². The number of carbonyl (C=O) groups is 2. The summed E-state index contributed by atoms with van der Waals surface area (Å²) >= 11 is 0. The van der Waals surface area contributed by atoms with Gasteiger partial charge in [0.1, 0.15) is 0 Å². The topological polar surface area (TPSA) is 49.4 Å². The number of rotatable bonds is 4. The molecule has 1 saturated heterocycles. The predicted molar refractivity (Wildman–Crippen MR) is 58.6 cm³/mol. The summed E-state index contributed by atoms with van der Waals surface area (Å²) in [5.74, 6) is 1.55. The van der Waals surface area contributed by atoms with E-state index in [-0.39, 0.29) is 23.9 Å². The lowest BCUT2D eigenvalue weighted by atomic mass is 10.2. The zero-order valence-corrected chi connectivity index (χ0v) is 9.61. The van der Waals surface area contributed by atoms with Crippen LogP contribution in [0.25, 0.3) is 0 Å². The minimum Gasteiger partial charge on any atom is -0.305 e. The highest BCUT2D eigenvalue weighted by atomic mass is 16.2. The normalized spacial score (nSPS) is 38.3. The highest BCUT2D eigenvalue weighted by molar-refractivity contribution is 6.06. The Morgan fingerprint density at radius 1 is 1.38 bits per heavy atom. The first-order valence-corrected chi connectivity index (χ1v) is 6.26. The molecular formula is C12H18N2O2. The Kier molecular flexibility index (Phi) is 2.28. The van der Waals surface area contributed by atoms with Crippen LogP contribution in [0.4, 0.5) is 0 Å². The summed E-state index contributed by atoms with van der Waals surface area (Å²) in [6.45, 7) is 3.12. The van der Waals surface area contributed by atoms with E-state index in [4.69, 9.17) is 0 Å². The van der Waals surface area contributed by atoms with E-state index >= 15 is 0 Å². The molecule has 0 aromatic carbocycles.